The predicted molar refractivity (Wildman–Crippen MR) is 71.2 cm³/mol. The van der Waals surface area contributed by atoms with E-state index in [9.17, 15) is 15.0 Å². The lowest BCUT2D eigenvalue weighted by molar-refractivity contribution is 0.104. The fourth-order valence-corrected chi connectivity index (χ4v) is 1.61. The molecule has 0 aliphatic rings. The summed E-state index contributed by atoms with van der Waals surface area (Å²) in [4.78, 5) is 11.8. The monoisotopic (exact) mass is 256 g/mol. The van der Waals surface area contributed by atoms with Gasteiger partial charge in [-0.25, -0.2) is 0 Å². The van der Waals surface area contributed by atoms with Gasteiger partial charge in [-0.05, 0) is 48.0 Å². The average Bonchev–Trinajstić information content (AvgIpc) is 2.36. The van der Waals surface area contributed by atoms with Crippen molar-refractivity contribution < 1.29 is 20.1 Å². The van der Waals surface area contributed by atoms with Crippen molar-refractivity contribution in [2.45, 2.75) is 0 Å². The highest BCUT2D eigenvalue weighted by Gasteiger charge is 2.02. The Morgan fingerprint density at radius 2 is 1.42 bits per heavy atom. The topological polar surface area (TPSA) is 77.8 Å². The van der Waals surface area contributed by atoms with Crippen molar-refractivity contribution in [1.29, 1.82) is 0 Å². The number of rotatable bonds is 3. The molecule has 0 radical (unpaired) electrons. The van der Waals surface area contributed by atoms with Crippen LogP contribution in [-0.4, -0.2) is 21.1 Å². The Balaban J connectivity index is 2.18. The minimum Gasteiger partial charge on any atom is -0.508 e. The summed E-state index contributed by atoms with van der Waals surface area (Å²) in [5.74, 6) is -0.283. The molecule has 0 saturated carbocycles. The molecule has 4 nitrogen and oxygen atoms in total. The van der Waals surface area contributed by atoms with Gasteiger partial charge in [0.1, 0.15) is 17.2 Å². The lowest BCUT2D eigenvalue weighted by Gasteiger charge is -1.99. The lowest BCUT2D eigenvalue weighted by atomic mass is 10.1. The van der Waals surface area contributed by atoms with E-state index in [1.54, 1.807) is 0 Å². The number of hydrogen-bond acceptors (Lipinski definition) is 4. The maximum absolute atomic E-state index is 11.8. The number of phenols is 3. The summed E-state index contributed by atoms with van der Waals surface area (Å²) >= 11 is 0. The van der Waals surface area contributed by atoms with E-state index in [2.05, 4.69) is 0 Å². The van der Waals surface area contributed by atoms with Crippen molar-refractivity contribution in [1.82, 2.24) is 0 Å². The molecule has 2 aromatic rings. The van der Waals surface area contributed by atoms with Crippen LogP contribution < -0.4 is 0 Å². The Hall–Kier alpha value is -2.75. The van der Waals surface area contributed by atoms with Crippen LogP contribution in [0.3, 0.4) is 0 Å². The normalized spacial score (nSPS) is 10.7. The van der Waals surface area contributed by atoms with Crippen LogP contribution in [0, 0.1) is 0 Å². The summed E-state index contributed by atoms with van der Waals surface area (Å²) in [6.45, 7) is 0. The van der Waals surface area contributed by atoms with E-state index in [0.717, 1.165) is 0 Å². The van der Waals surface area contributed by atoms with E-state index in [4.69, 9.17) is 5.11 Å². The number of carbonyl (C=O) groups is 1. The molecule has 0 aromatic heterocycles. The molecule has 4 heteroatoms. The predicted octanol–water partition coefficient (Wildman–Crippen LogP) is 2.70. The van der Waals surface area contributed by atoms with Gasteiger partial charge in [-0.15, -0.1) is 0 Å². The molecule has 19 heavy (non-hydrogen) atoms. The van der Waals surface area contributed by atoms with Crippen molar-refractivity contribution in [2.24, 2.45) is 0 Å². The number of allylic oxidation sites excluding steroid dienone is 1. The second-order valence-electron chi connectivity index (χ2n) is 4.03. The van der Waals surface area contributed by atoms with Crippen molar-refractivity contribution in [2.75, 3.05) is 0 Å². The zero-order chi connectivity index (χ0) is 13.8. The standard InChI is InChI=1S/C15H12O4/c16-12-4-2-11(3-5-12)15(19)6-1-10-7-13(17)9-14(18)8-10/h1-9,16-18H/b6-1+. The third-order valence-electron chi connectivity index (χ3n) is 2.50. The number of phenolic OH excluding ortho intramolecular Hbond substituents is 3. The number of aromatic hydroxyl groups is 3. The molecule has 96 valence electrons. The molecule has 0 bridgehead atoms. The Kier molecular flexibility index (Phi) is 3.52. The Labute approximate surface area is 109 Å². The first-order chi connectivity index (χ1) is 9.04. The molecule has 0 unspecified atom stereocenters. The first-order valence-electron chi connectivity index (χ1n) is 5.59. The van der Waals surface area contributed by atoms with Gasteiger partial charge < -0.3 is 15.3 Å². The molecule has 0 aliphatic heterocycles. The zero-order valence-electron chi connectivity index (χ0n) is 9.95. The summed E-state index contributed by atoms with van der Waals surface area (Å²) in [6.07, 6.45) is 2.83. The van der Waals surface area contributed by atoms with E-state index >= 15 is 0 Å². The minimum atomic E-state index is -0.233. The smallest absolute Gasteiger partial charge is 0.185 e. The third-order valence-corrected chi connectivity index (χ3v) is 2.50. The van der Waals surface area contributed by atoms with Crippen molar-refractivity contribution >= 4 is 11.9 Å². The van der Waals surface area contributed by atoms with Gasteiger partial charge in [-0.2, -0.15) is 0 Å². The second-order valence-corrected chi connectivity index (χ2v) is 4.03. The van der Waals surface area contributed by atoms with Gasteiger partial charge in [-0.3, -0.25) is 4.79 Å². The van der Waals surface area contributed by atoms with Crippen molar-refractivity contribution in [3.05, 3.63) is 59.7 Å². The Bertz CT molecular complexity index is 607. The summed E-state index contributed by atoms with van der Waals surface area (Å²) < 4.78 is 0. The fraction of sp³-hybridized carbons (Fsp3) is 0. The SMILES string of the molecule is O=C(/C=C/c1cc(O)cc(O)c1)c1ccc(O)cc1. The van der Waals surface area contributed by atoms with Crippen LogP contribution in [0.1, 0.15) is 15.9 Å². The second kappa shape index (κ2) is 5.27. The summed E-state index contributed by atoms with van der Waals surface area (Å²) in [7, 11) is 0. The molecule has 2 rings (SSSR count). The maximum atomic E-state index is 11.8. The van der Waals surface area contributed by atoms with Crippen LogP contribution in [0.5, 0.6) is 17.2 Å². The molecule has 0 atom stereocenters. The molecule has 0 saturated heterocycles. The molecule has 3 N–H and O–H groups in total. The number of carbonyl (C=O) groups excluding carboxylic acids is 1. The summed E-state index contributed by atoms with van der Waals surface area (Å²) in [6, 6.07) is 9.96. The van der Waals surface area contributed by atoms with Crippen LogP contribution >= 0.6 is 0 Å². The highest BCUT2D eigenvalue weighted by atomic mass is 16.3. The Morgan fingerprint density at radius 3 is 2.00 bits per heavy atom. The first-order valence-corrected chi connectivity index (χ1v) is 5.59. The lowest BCUT2D eigenvalue weighted by Crippen LogP contribution is -1.92. The highest BCUT2D eigenvalue weighted by molar-refractivity contribution is 6.06. The van der Waals surface area contributed by atoms with Crippen molar-refractivity contribution in [3.63, 3.8) is 0 Å². The van der Waals surface area contributed by atoms with Gasteiger partial charge >= 0.3 is 0 Å². The Morgan fingerprint density at radius 1 is 0.842 bits per heavy atom. The number of benzene rings is 2. The van der Waals surface area contributed by atoms with Gasteiger partial charge in [0.05, 0.1) is 0 Å². The van der Waals surface area contributed by atoms with Gasteiger partial charge in [0.2, 0.25) is 0 Å². The molecule has 0 spiro atoms. The van der Waals surface area contributed by atoms with Gasteiger partial charge in [0.25, 0.3) is 0 Å². The van der Waals surface area contributed by atoms with Crippen LogP contribution in [0.2, 0.25) is 0 Å². The maximum Gasteiger partial charge on any atom is 0.185 e. The molecule has 2 aromatic carbocycles. The van der Waals surface area contributed by atoms with Crippen LogP contribution in [0.4, 0.5) is 0 Å². The quantitative estimate of drug-likeness (QED) is 0.583. The van der Waals surface area contributed by atoms with Gasteiger partial charge in [0, 0.05) is 11.6 Å². The van der Waals surface area contributed by atoms with Crippen LogP contribution in [0.25, 0.3) is 6.08 Å². The van der Waals surface area contributed by atoms with Gasteiger partial charge in [-0.1, -0.05) is 6.08 Å². The molecule has 0 amide bonds. The third kappa shape index (κ3) is 3.35. The summed E-state index contributed by atoms with van der Waals surface area (Å²) in [5, 5.41) is 27.7. The number of ketones is 1. The van der Waals surface area contributed by atoms with Crippen molar-refractivity contribution in [3.8, 4) is 17.2 Å². The molecule has 0 aliphatic carbocycles. The van der Waals surface area contributed by atoms with Crippen LogP contribution in [-0.2, 0) is 0 Å². The molecule has 0 fully saturated rings. The van der Waals surface area contributed by atoms with E-state index in [-0.39, 0.29) is 23.0 Å². The molecular weight excluding hydrogens is 244 g/mol. The molecule has 0 heterocycles. The van der Waals surface area contributed by atoms with E-state index < -0.39 is 0 Å². The van der Waals surface area contributed by atoms with E-state index in [1.165, 1.54) is 54.6 Å². The molecular formula is C15H12O4. The zero-order valence-corrected chi connectivity index (χ0v) is 9.95. The van der Waals surface area contributed by atoms with E-state index in [0.29, 0.717) is 11.1 Å². The largest absolute Gasteiger partial charge is 0.508 e. The fourth-order valence-electron chi connectivity index (χ4n) is 1.61. The average molecular weight is 256 g/mol. The first kappa shape index (κ1) is 12.7. The van der Waals surface area contributed by atoms with Crippen LogP contribution in [0.15, 0.2) is 48.5 Å². The highest BCUT2D eigenvalue weighted by Crippen LogP contribution is 2.21. The van der Waals surface area contributed by atoms with E-state index in [1.807, 2.05) is 0 Å². The van der Waals surface area contributed by atoms with Gasteiger partial charge in [0.15, 0.2) is 5.78 Å². The minimum absolute atomic E-state index is 0.0725. The number of hydrogen-bond donors (Lipinski definition) is 3. The summed E-state index contributed by atoms with van der Waals surface area (Å²) in [5.41, 5.74) is 0.961.